The van der Waals surface area contributed by atoms with Gasteiger partial charge in [0.2, 0.25) is 5.88 Å². The molecule has 0 fully saturated rings. The maximum Gasteiger partial charge on any atom is 0.267 e. The normalized spacial score (nSPS) is 12.1. The molecule has 3 aromatic rings. The van der Waals surface area contributed by atoms with E-state index in [0.29, 0.717) is 17.0 Å². The predicted octanol–water partition coefficient (Wildman–Crippen LogP) is 2.16. The first-order valence-electron chi connectivity index (χ1n) is 7.04. The Morgan fingerprint density at radius 1 is 1.38 bits per heavy atom. The van der Waals surface area contributed by atoms with Gasteiger partial charge in [-0.15, -0.1) is 0 Å². The standard InChI is InChI=1S/C15H14FN4O3P/c1-9-6-11(23-19-9)8-20-14(21)5-3-12(18-20)10-2-4-13(17-7-10)22-15(16)24/h2-7,15H,8,24H2,1H3. The molecule has 0 saturated heterocycles. The van der Waals surface area contributed by atoms with Crippen LogP contribution >= 0.6 is 9.24 Å². The van der Waals surface area contributed by atoms with Crippen molar-refractivity contribution < 1.29 is 13.7 Å². The molecule has 0 saturated carbocycles. The molecule has 9 heteroatoms. The highest BCUT2D eigenvalue weighted by Crippen LogP contribution is 2.19. The zero-order valence-corrected chi connectivity index (χ0v) is 13.9. The second kappa shape index (κ2) is 6.88. The number of aromatic nitrogens is 4. The number of hydrogen-bond donors (Lipinski definition) is 0. The third-order valence-corrected chi connectivity index (χ3v) is 3.25. The van der Waals surface area contributed by atoms with Crippen LogP contribution in [0.15, 0.2) is 45.8 Å². The van der Waals surface area contributed by atoms with Crippen molar-refractivity contribution in [2.24, 2.45) is 0 Å². The van der Waals surface area contributed by atoms with Gasteiger partial charge in [0.05, 0.1) is 11.4 Å². The van der Waals surface area contributed by atoms with Crippen molar-refractivity contribution in [3.63, 3.8) is 0 Å². The lowest BCUT2D eigenvalue weighted by atomic mass is 10.2. The Kier molecular flexibility index (Phi) is 4.66. The van der Waals surface area contributed by atoms with Gasteiger partial charge in [0, 0.05) is 30.0 Å². The number of hydrogen-bond acceptors (Lipinski definition) is 6. The van der Waals surface area contributed by atoms with Gasteiger partial charge in [-0.05, 0) is 19.1 Å². The van der Waals surface area contributed by atoms with Gasteiger partial charge in [0.1, 0.15) is 6.54 Å². The van der Waals surface area contributed by atoms with Crippen molar-refractivity contribution in [2.45, 2.75) is 19.6 Å². The lowest BCUT2D eigenvalue weighted by Crippen LogP contribution is -2.22. The molecule has 3 heterocycles. The Bertz CT molecular complexity index is 892. The van der Waals surface area contributed by atoms with E-state index in [1.54, 1.807) is 25.1 Å². The van der Waals surface area contributed by atoms with E-state index in [2.05, 4.69) is 15.2 Å². The van der Waals surface area contributed by atoms with Gasteiger partial charge in [-0.25, -0.2) is 9.67 Å². The quantitative estimate of drug-likeness (QED) is 0.657. The molecule has 0 aliphatic heterocycles. The Hall–Kier alpha value is -2.60. The first-order chi connectivity index (χ1) is 11.5. The molecule has 3 rings (SSSR count). The maximum absolute atomic E-state index is 12.8. The highest BCUT2D eigenvalue weighted by molar-refractivity contribution is 7.16. The monoisotopic (exact) mass is 348 g/mol. The Labute approximate surface area is 138 Å². The second-order valence-corrected chi connectivity index (χ2v) is 5.53. The van der Waals surface area contributed by atoms with E-state index in [1.807, 2.05) is 9.24 Å². The van der Waals surface area contributed by atoms with Crippen molar-refractivity contribution in [2.75, 3.05) is 0 Å². The number of rotatable bonds is 5. The smallest absolute Gasteiger partial charge is 0.267 e. The molecule has 2 atom stereocenters. The molecule has 124 valence electrons. The van der Waals surface area contributed by atoms with Gasteiger partial charge < -0.3 is 9.26 Å². The molecule has 0 radical (unpaired) electrons. The Morgan fingerprint density at radius 2 is 2.21 bits per heavy atom. The topological polar surface area (TPSA) is 83.0 Å². The lowest BCUT2D eigenvalue weighted by molar-refractivity contribution is 0.147. The summed E-state index contributed by atoms with van der Waals surface area (Å²) in [6.45, 7) is 1.98. The molecule has 0 spiro atoms. The van der Waals surface area contributed by atoms with Crippen LogP contribution in [0.25, 0.3) is 11.3 Å². The van der Waals surface area contributed by atoms with Crippen LogP contribution in [0.1, 0.15) is 11.5 Å². The van der Waals surface area contributed by atoms with Crippen LogP contribution in [0.5, 0.6) is 5.88 Å². The number of halogens is 1. The fourth-order valence-corrected chi connectivity index (χ4v) is 2.21. The van der Waals surface area contributed by atoms with Crippen molar-refractivity contribution in [1.29, 1.82) is 0 Å². The van der Waals surface area contributed by atoms with Crippen molar-refractivity contribution >= 4 is 9.24 Å². The molecule has 7 nitrogen and oxygen atoms in total. The summed E-state index contributed by atoms with van der Waals surface area (Å²) < 4.78 is 24.0. The molecular weight excluding hydrogens is 334 g/mol. The van der Waals surface area contributed by atoms with Crippen LogP contribution in [0, 0.1) is 6.92 Å². The minimum atomic E-state index is -1.52. The van der Waals surface area contributed by atoms with Gasteiger partial charge in [-0.3, -0.25) is 4.79 Å². The van der Waals surface area contributed by atoms with E-state index < -0.39 is 6.10 Å². The molecule has 24 heavy (non-hydrogen) atoms. The largest absolute Gasteiger partial charge is 0.440 e. The van der Waals surface area contributed by atoms with E-state index >= 15 is 0 Å². The molecule has 0 bridgehead atoms. The summed E-state index contributed by atoms with van der Waals surface area (Å²) in [6, 6.07) is 7.96. The van der Waals surface area contributed by atoms with Crippen molar-refractivity contribution in [3.05, 3.63) is 58.3 Å². The van der Waals surface area contributed by atoms with E-state index in [9.17, 15) is 9.18 Å². The molecule has 0 aromatic carbocycles. The van der Waals surface area contributed by atoms with E-state index in [1.165, 1.54) is 23.0 Å². The fraction of sp³-hybridized carbons (Fsp3) is 0.200. The van der Waals surface area contributed by atoms with Crippen LogP contribution in [0.3, 0.4) is 0 Å². The molecule has 0 N–H and O–H groups in total. The molecule has 0 aliphatic carbocycles. The van der Waals surface area contributed by atoms with Crippen LogP contribution in [0.2, 0.25) is 0 Å². The second-order valence-electron chi connectivity index (χ2n) is 5.00. The average molecular weight is 348 g/mol. The van der Waals surface area contributed by atoms with Crippen molar-refractivity contribution in [3.8, 4) is 17.1 Å². The van der Waals surface area contributed by atoms with Gasteiger partial charge in [-0.2, -0.15) is 9.49 Å². The first kappa shape index (κ1) is 16.3. The SMILES string of the molecule is Cc1cc(Cn2nc(-c3ccc(OC(F)P)nc3)ccc2=O)on1. The molecule has 3 aromatic heterocycles. The van der Waals surface area contributed by atoms with Crippen LogP contribution in [-0.4, -0.2) is 26.0 Å². The predicted molar refractivity (Wildman–Crippen MR) is 87.3 cm³/mol. The maximum atomic E-state index is 12.8. The summed E-state index contributed by atoms with van der Waals surface area (Å²) in [4.78, 5) is 16.0. The summed E-state index contributed by atoms with van der Waals surface area (Å²) in [5, 5.41) is 8.08. The summed E-state index contributed by atoms with van der Waals surface area (Å²) in [5.41, 5.74) is 1.69. The Morgan fingerprint density at radius 3 is 2.83 bits per heavy atom. The number of ether oxygens (including phenoxy) is 1. The first-order valence-corrected chi connectivity index (χ1v) is 7.71. The van der Waals surface area contributed by atoms with Gasteiger partial charge in [0.25, 0.3) is 11.7 Å². The summed E-state index contributed by atoms with van der Waals surface area (Å²) >= 11 is 0. The lowest BCUT2D eigenvalue weighted by Gasteiger charge is -2.07. The van der Waals surface area contributed by atoms with E-state index in [4.69, 9.17) is 9.26 Å². The van der Waals surface area contributed by atoms with Crippen LogP contribution in [-0.2, 0) is 6.54 Å². The minimum Gasteiger partial charge on any atom is -0.440 e. The summed E-state index contributed by atoms with van der Waals surface area (Å²) in [5.74, 6) is 0.697. The Balaban J connectivity index is 1.86. The summed E-state index contributed by atoms with van der Waals surface area (Å²) in [6.07, 6.45) is -0.0215. The van der Waals surface area contributed by atoms with E-state index in [-0.39, 0.29) is 18.0 Å². The fourth-order valence-electron chi connectivity index (χ4n) is 2.07. The number of pyridine rings is 1. The van der Waals surface area contributed by atoms with Gasteiger partial charge in [0.15, 0.2) is 5.76 Å². The van der Waals surface area contributed by atoms with E-state index in [0.717, 1.165) is 5.69 Å². The number of alkyl halides is 1. The summed E-state index contributed by atoms with van der Waals surface area (Å²) in [7, 11) is 1.88. The van der Waals surface area contributed by atoms with Gasteiger partial charge >= 0.3 is 0 Å². The van der Waals surface area contributed by atoms with Crippen LogP contribution < -0.4 is 10.3 Å². The van der Waals surface area contributed by atoms with Crippen LogP contribution in [0.4, 0.5) is 4.39 Å². The molecule has 2 unspecified atom stereocenters. The highest BCUT2D eigenvalue weighted by Gasteiger charge is 2.08. The highest BCUT2D eigenvalue weighted by atomic mass is 31.0. The number of nitrogens with zero attached hydrogens (tertiary/aromatic N) is 4. The zero-order valence-electron chi connectivity index (χ0n) is 12.7. The average Bonchev–Trinajstić information content (AvgIpc) is 2.95. The third kappa shape index (κ3) is 3.83. The molecule has 0 aliphatic rings. The van der Waals surface area contributed by atoms with Crippen molar-refractivity contribution in [1.82, 2.24) is 19.9 Å². The molecule has 0 amide bonds. The molecular formula is C15H14FN4O3P. The van der Waals surface area contributed by atoms with Gasteiger partial charge in [-0.1, -0.05) is 14.4 Å². The number of aryl methyl sites for hydroxylation is 1. The third-order valence-electron chi connectivity index (χ3n) is 3.11. The minimum absolute atomic E-state index is 0.159. The zero-order chi connectivity index (χ0) is 17.1.